The first-order valence-electron chi connectivity index (χ1n) is 9.59. The van der Waals surface area contributed by atoms with E-state index >= 15 is 0 Å². The van der Waals surface area contributed by atoms with Crippen LogP contribution in [0.15, 0.2) is 47.0 Å². The van der Waals surface area contributed by atoms with E-state index in [0.717, 1.165) is 21.9 Å². The van der Waals surface area contributed by atoms with Gasteiger partial charge in [0.05, 0.1) is 15.6 Å². The minimum Gasteiger partial charge on any atom is -0.332 e. The van der Waals surface area contributed by atoms with Crippen molar-refractivity contribution in [3.63, 3.8) is 0 Å². The second kappa shape index (κ2) is 8.12. The molecule has 0 N–H and O–H groups in total. The second-order valence-electron chi connectivity index (χ2n) is 6.99. The van der Waals surface area contributed by atoms with Gasteiger partial charge in [0.25, 0.3) is 5.89 Å². The van der Waals surface area contributed by atoms with Gasteiger partial charge in [0.2, 0.25) is 5.82 Å². The number of benzene rings is 1. The van der Waals surface area contributed by atoms with Crippen molar-refractivity contribution < 1.29 is 17.7 Å². The highest BCUT2D eigenvalue weighted by atomic mass is 35.5. The van der Waals surface area contributed by atoms with Crippen LogP contribution in [-0.2, 0) is 12.6 Å². The summed E-state index contributed by atoms with van der Waals surface area (Å²) in [4.78, 5) is 10.3. The van der Waals surface area contributed by atoms with Crippen molar-refractivity contribution >= 4 is 40.2 Å². The Morgan fingerprint density at radius 3 is 2.55 bits per heavy atom. The fourth-order valence-corrected chi connectivity index (χ4v) is 4.62. The van der Waals surface area contributed by atoms with Crippen molar-refractivity contribution in [3.8, 4) is 33.5 Å². The molecule has 12 heteroatoms. The minimum atomic E-state index is -4.65. The highest BCUT2D eigenvalue weighted by molar-refractivity contribution is 7.15. The molecular weight excluding hydrogens is 498 g/mol. The average molecular weight is 510 g/mol. The number of rotatable bonds is 4. The summed E-state index contributed by atoms with van der Waals surface area (Å²) in [5.41, 5.74) is -0.230. The summed E-state index contributed by atoms with van der Waals surface area (Å²) in [6.07, 6.45) is -3.87. The number of alkyl halides is 3. The zero-order valence-electron chi connectivity index (χ0n) is 16.7. The van der Waals surface area contributed by atoms with Crippen LogP contribution in [0.25, 0.3) is 39.2 Å². The average Bonchev–Trinajstić information content (AvgIpc) is 3.50. The van der Waals surface area contributed by atoms with Gasteiger partial charge < -0.3 is 4.52 Å². The molecule has 0 amide bonds. The first-order valence-corrected chi connectivity index (χ1v) is 11.2. The summed E-state index contributed by atoms with van der Waals surface area (Å²) in [7, 11) is 0. The first-order chi connectivity index (χ1) is 15.7. The number of halogens is 5. The molecule has 0 aliphatic heterocycles. The zero-order chi connectivity index (χ0) is 23.3. The molecule has 0 saturated heterocycles. The number of hydrogen-bond donors (Lipinski definition) is 0. The monoisotopic (exact) mass is 509 g/mol. The van der Waals surface area contributed by atoms with Gasteiger partial charge in [-0.05, 0) is 42.8 Å². The van der Waals surface area contributed by atoms with E-state index in [2.05, 4.69) is 20.2 Å². The molecule has 4 heterocycles. The highest BCUT2D eigenvalue weighted by Crippen LogP contribution is 2.36. The number of hydrogen-bond acceptors (Lipinski definition) is 6. The lowest BCUT2D eigenvalue weighted by Gasteiger charge is -2.10. The molecule has 0 aliphatic carbocycles. The van der Waals surface area contributed by atoms with Crippen LogP contribution in [0.4, 0.5) is 13.2 Å². The van der Waals surface area contributed by atoms with E-state index in [0.29, 0.717) is 20.5 Å². The number of fused-ring (bicyclic) bond motifs is 1. The maximum atomic E-state index is 13.8. The molecule has 0 aliphatic rings. The van der Waals surface area contributed by atoms with Crippen molar-refractivity contribution in [3.05, 3.63) is 63.1 Å². The fraction of sp³-hybridized carbons (Fsp3) is 0.143. The van der Waals surface area contributed by atoms with E-state index in [9.17, 15) is 13.2 Å². The Hall–Kier alpha value is -2.95. The van der Waals surface area contributed by atoms with E-state index < -0.39 is 11.9 Å². The number of thiophene rings is 1. The Kier molecular flexibility index (Phi) is 5.38. The number of aryl methyl sites for hydroxylation is 1. The molecule has 0 spiro atoms. The standard InChI is InChI=1S/C21H12Cl2F3N5OS/c1-2-11-4-6-16(33-11)14-8-17(21(24,25)26)31-18(27-14)9-15(29-31)20-28-19(30-32-20)12-5-3-10(22)7-13(12)23/h3-9H,2H2,1H3. The molecule has 0 bridgehead atoms. The van der Waals surface area contributed by atoms with Gasteiger partial charge in [-0.1, -0.05) is 35.3 Å². The minimum absolute atomic E-state index is 0.00514. The van der Waals surface area contributed by atoms with Crippen LogP contribution in [-0.4, -0.2) is 24.7 Å². The summed E-state index contributed by atoms with van der Waals surface area (Å²) >= 11 is 13.5. The summed E-state index contributed by atoms with van der Waals surface area (Å²) in [6, 6.07) is 10.7. The van der Waals surface area contributed by atoms with Crippen molar-refractivity contribution in [2.45, 2.75) is 19.5 Å². The number of nitrogens with zero attached hydrogens (tertiary/aromatic N) is 5. The Bertz CT molecular complexity index is 1490. The van der Waals surface area contributed by atoms with Crippen molar-refractivity contribution in [1.82, 2.24) is 24.7 Å². The lowest BCUT2D eigenvalue weighted by atomic mass is 10.2. The largest absolute Gasteiger partial charge is 0.433 e. The fourth-order valence-electron chi connectivity index (χ4n) is 3.22. The lowest BCUT2D eigenvalue weighted by Crippen LogP contribution is -2.13. The molecule has 5 aromatic rings. The first kappa shape index (κ1) is 21.9. The Labute approximate surface area is 198 Å². The molecule has 33 heavy (non-hydrogen) atoms. The van der Waals surface area contributed by atoms with Crippen LogP contribution in [0.5, 0.6) is 0 Å². The van der Waals surface area contributed by atoms with E-state index in [4.69, 9.17) is 27.7 Å². The van der Waals surface area contributed by atoms with Gasteiger partial charge in [0.15, 0.2) is 17.0 Å². The maximum absolute atomic E-state index is 13.8. The van der Waals surface area contributed by atoms with Gasteiger partial charge in [-0.25, -0.2) is 9.50 Å². The van der Waals surface area contributed by atoms with Crippen molar-refractivity contribution in [2.24, 2.45) is 0 Å². The zero-order valence-corrected chi connectivity index (χ0v) is 19.0. The topological polar surface area (TPSA) is 69.1 Å². The summed E-state index contributed by atoms with van der Waals surface area (Å²) < 4.78 is 47.5. The van der Waals surface area contributed by atoms with Gasteiger partial charge >= 0.3 is 6.18 Å². The van der Waals surface area contributed by atoms with Gasteiger partial charge in [-0.15, -0.1) is 11.3 Å². The van der Waals surface area contributed by atoms with E-state index in [1.54, 1.807) is 18.2 Å². The molecular formula is C21H12Cl2F3N5OS. The van der Waals surface area contributed by atoms with Crippen LogP contribution in [0, 0.1) is 0 Å². The predicted octanol–water partition coefficient (Wildman–Crippen LogP) is 7.06. The van der Waals surface area contributed by atoms with Crippen LogP contribution in [0.1, 0.15) is 17.5 Å². The van der Waals surface area contributed by atoms with Gasteiger partial charge in [-0.2, -0.15) is 23.3 Å². The third-order valence-electron chi connectivity index (χ3n) is 4.80. The normalized spacial score (nSPS) is 12.1. The highest BCUT2D eigenvalue weighted by Gasteiger charge is 2.36. The predicted molar refractivity (Wildman–Crippen MR) is 119 cm³/mol. The maximum Gasteiger partial charge on any atom is 0.433 e. The van der Waals surface area contributed by atoms with Gasteiger partial charge in [-0.3, -0.25) is 0 Å². The molecule has 0 unspecified atom stereocenters. The molecule has 0 radical (unpaired) electrons. The quantitative estimate of drug-likeness (QED) is 0.259. The van der Waals surface area contributed by atoms with Crippen LogP contribution in [0.3, 0.4) is 0 Å². The Morgan fingerprint density at radius 2 is 1.85 bits per heavy atom. The lowest BCUT2D eigenvalue weighted by molar-refractivity contribution is -0.142. The van der Waals surface area contributed by atoms with Crippen molar-refractivity contribution in [2.75, 3.05) is 0 Å². The van der Waals surface area contributed by atoms with Gasteiger partial charge in [0.1, 0.15) is 0 Å². The molecule has 6 nitrogen and oxygen atoms in total. The summed E-state index contributed by atoms with van der Waals surface area (Å²) in [5.74, 6) is 0.0830. The number of aromatic nitrogens is 5. The molecule has 0 fully saturated rings. The van der Waals surface area contributed by atoms with E-state index in [1.807, 2.05) is 13.0 Å². The molecule has 168 valence electrons. The third-order valence-corrected chi connectivity index (χ3v) is 6.60. The van der Waals surface area contributed by atoms with Crippen LogP contribution in [0.2, 0.25) is 10.0 Å². The van der Waals surface area contributed by atoms with E-state index in [1.165, 1.54) is 23.5 Å². The van der Waals surface area contributed by atoms with Crippen LogP contribution >= 0.6 is 34.5 Å². The molecule has 0 saturated carbocycles. The molecule has 1 aromatic carbocycles. The summed E-state index contributed by atoms with van der Waals surface area (Å²) in [6.45, 7) is 1.98. The summed E-state index contributed by atoms with van der Waals surface area (Å²) in [5, 5.41) is 8.64. The third kappa shape index (κ3) is 4.09. The Morgan fingerprint density at radius 1 is 1.03 bits per heavy atom. The van der Waals surface area contributed by atoms with E-state index in [-0.39, 0.29) is 28.8 Å². The Balaban J connectivity index is 1.61. The molecule has 5 rings (SSSR count). The van der Waals surface area contributed by atoms with Crippen molar-refractivity contribution in [1.29, 1.82) is 0 Å². The van der Waals surface area contributed by atoms with Crippen LogP contribution < -0.4 is 0 Å². The van der Waals surface area contributed by atoms with Gasteiger partial charge in [0, 0.05) is 21.5 Å². The molecule has 4 aromatic heterocycles. The SMILES string of the molecule is CCc1ccc(-c2cc(C(F)(F)F)n3nc(-c4nc(-c5ccc(Cl)cc5Cl)no4)cc3n2)s1. The second-order valence-corrected chi connectivity index (χ2v) is 9.00. The molecule has 0 atom stereocenters. The smallest absolute Gasteiger partial charge is 0.332 e.